The Balaban J connectivity index is 0.000000189. The van der Waals surface area contributed by atoms with Crippen LogP contribution in [0.15, 0.2) is 59.1 Å². The summed E-state index contributed by atoms with van der Waals surface area (Å²) in [5.41, 5.74) is 0. The van der Waals surface area contributed by atoms with Crippen molar-refractivity contribution in [1.29, 1.82) is 0 Å². The number of rotatable bonds is 0. The maximum absolute atomic E-state index is 3.28. The van der Waals surface area contributed by atoms with E-state index < -0.39 is 0 Å². The molecule has 0 spiro atoms. The summed E-state index contributed by atoms with van der Waals surface area (Å²) in [6.45, 7) is 0. The third-order valence-corrected chi connectivity index (χ3v) is 1.71. The number of hydrogen-bond donors (Lipinski definition) is 0. The molecular weight excluding hydrogens is 256 g/mol. The molecule has 2 heteroatoms. The molecule has 0 aliphatic heterocycles. The molecule has 2 rings (SSSR count). The first-order valence-corrected chi connectivity index (χ1v) is 4.23. The fourth-order valence-electron chi connectivity index (χ4n) is 0.671. The second-order valence-corrected chi connectivity index (χ2v) is 2.98. The molecule has 2 aromatic rings. The van der Waals surface area contributed by atoms with Crippen molar-refractivity contribution in [2.75, 3.05) is 0 Å². The van der Waals surface area contributed by atoms with E-state index in [1.807, 2.05) is 54.6 Å². The van der Waals surface area contributed by atoms with Crippen LogP contribution in [-0.2, 0) is 17.1 Å². The summed E-state index contributed by atoms with van der Waals surface area (Å²) >= 11 is 3.28. The molecule has 2 aromatic carbocycles. The van der Waals surface area contributed by atoms with Gasteiger partial charge < -0.3 is 0 Å². The third-order valence-electron chi connectivity index (χ3n) is 1.18. The van der Waals surface area contributed by atoms with Gasteiger partial charge in [-0.25, -0.2) is 24.3 Å². The van der Waals surface area contributed by atoms with Gasteiger partial charge >= 0.3 is 17.1 Å². The Labute approximate surface area is 91.9 Å². The van der Waals surface area contributed by atoms with E-state index in [9.17, 15) is 0 Å². The van der Waals surface area contributed by atoms with Gasteiger partial charge in [-0.05, 0) is 0 Å². The zero-order valence-electron chi connectivity index (χ0n) is 6.43. The molecule has 0 aliphatic rings. The summed E-state index contributed by atoms with van der Waals surface area (Å²) in [6, 6.07) is 18.0. The molecule has 12 heavy (non-hydrogen) atoms. The van der Waals surface area contributed by atoms with Crippen molar-refractivity contribution in [2.45, 2.75) is 0 Å². The molecule has 0 nitrogen and oxygen atoms in total. The van der Waals surface area contributed by atoms with E-state index in [1.54, 1.807) is 0 Å². The summed E-state index contributed by atoms with van der Waals surface area (Å²) in [4.78, 5) is 0. The SMILES string of the molecule is Br[c-]1cccc1.[Fe+2].c1cc[cH-]c1. The molecule has 0 fully saturated rings. The van der Waals surface area contributed by atoms with Crippen LogP contribution in [0.5, 0.6) is 0 Å². The monoisotopic (exact) mass is 264 g/mol. The quantitative estimate of drug-likeness (QED) is 0.504. The van der Waals surface area contributed by atoms with E-state index in [0.29, 0.717) is 0 Å². The molecule has 0 heterocycles. The normalized spacial score (nSPS) is 7.75. The minimum absolute atomic E-state index is 0. The first kappa shape index (κ1) is 11.7. The van der Waals surface area contributed by atoms with Crippen molar-refractivity contribution in [2.24, 2.45) is 0 Å². The van der Waals surface area contributed by atoms with Gasteiger partial charge in [-0.3, -0.25) is 0 Å². The molecule has 64 valence electrons. The van der Waals surface area contributed by atoms with Crippen molar-refractivity contribution in [3.63, 3.8) is 0 Å². The van der Waals surface area contributed by atoms with Crippen LogP contribution in [0.3, 0.4) is 0 Å². The summed E-state index contributed by atoms with van der Waals surface area (Å²) < 4.78 is 1.16. The predicted molar refractivity (Wildman–Crippen MR) is 51.8 cm³/mol. The van der Waals surface area contributed by atoms with Gasteiger partial charge in [0.15, 0.2) is 0 Å². The molecule has 0 aromatic heterocycles. The molecule has 0 amide bonds. The zero-order valence-corrected chi connectivity index (χ0v) is 9.12. The predicted octanol–water partition coefficient (Wildman–Crippen LogP) is 3.57. The van der Waals surface area contributed by atoms with Crippen LogP contribution in [0.25, 0.3) is 0 Å². The number of hydrogen-bond acceptors (Lipinski definition) is 0. The maximum atomic E-state index is 3.28. The molecule has 0 unspecified atom stereocenters. The molecule has 0 radical (unpaired) electrons. The van der Waals surface area contributed by atoms with Crippen LogP contribution in [0.2, 0.25) is 0 Å². The standard InChI is InChI=1S/C5H4Br.C5H5.Fe/c6-5-3-1-2-4-5;1-2-4-5-3-1;/h1-4H;1-5H;/q2*-1;+2. The van der Waals surface area contributed by atoms with Gasteiger partial charge in [-0.15, -0.1) is 15.9 Å². The largest absolute Gasteiger partial charge is 2.00 e. The van der Waals surface area contributed by atoms with E-state index >= 15 is 0 Å². The second kappa shape index (κ2) is 7.35. The van der Waals surface area contributed by atoms with Crippen molar-refractivity contribution < 1.29 is 17.1 Å². The van der Waals surface area contributed by atoms with Crippen LogP contribution in [0.4, 0.5) is 0 Å². The third kappa shape index (κ3) is 5.36. The van der Waals surface area contributed by atoms with E-state index in [0.717, 1.165) is 4.47 Å². The molecule has 0 aliphatic carbocycles. The van der Waals surface area contributed by atoms with Crippen LogP contribution >= 0.6 is 15.9 Å². The van der Waals surface area contributed by atoms with Crippen molar-refractivity contribution in [3.8, 4) is 0 Å². The van der Waals surface area contributed by atoms with Gasteiger partial charge in [0.05, 0.1) is 0 Å². The zero-order chi connectivity index (χ0) is 7.94. The molecule has 0 saturated carbocycles. The summed E-state index contributed by atoms with van der Waals surface area (Å²) in [5, 5.41) is 0. The Bertz CT molecular complexity index is 228. The average Bonchev–Trinajstić information content (AvgIpc) is 2.57. The minimum Gasteiger partial charge on any atom is -0.214 e. The second-order valence-electron chi connectivity index (χ2n) is 2.07. The van der Waals surface area contributed by atoms with Gasteiger partial charge in [0.2, 0.25) is 0 Å². The Hall–Kier alpha value is -0.301. The van der Waals surface area contributed by atoms with Crippen LogP contribution in [0.1, 0.15) is 0 Å². The van der Waals surface area contributed by atoms with Crippen LogP contribution < -0.4 is 0 Å². The van der Waals surface area contributed by atoms with Gasteiger partial charge in [-0.2, -0.15) is 30.3 Å². The molecule has 0 N–H and O–H groups in total. The van der Waals surface area contributed by atoms with Crippen LogP contribution in [0, 0.1) is 0 Å². The molecule has 0 atom stereocenters. The van der Waals surface area contributed by atoms with E-state index in [2.05, 4.69) is 15.9 Å². The van der Waals surface area contributed by atoms with Crippen molar-refractivity contribution >= 4 is 15.9 Å². The Morgan fingerprint density at radius 2 is 1.42 bits per heavy atom. The Kier molecular flexibility index (Phi) is 7.17. The first-order valence-electron chi connectivity index (χ1n) is 3.43. The minimum atomic E-state index is 0. The van der Waals surface area contributed by atoms with Crippen molar-refractivity contribution in [1.82, 2.24) is 0 Å². The van der Waals surface area contributed by atoms with Gasteiger partial charge in [-0.1, -0.05) is 4.47 Å². The van der Waals surface area contributed by atoms with E-state index in [1.165, 1.54) is 0 Å². The topological polar surface area (TPSA) is 0 Å². The van der Waals surface area contributed by atoms with E-state index in [4.69, 9.17) is 0 Å². The van der Waals surface area contributed by atoms with E-state index in [-0.39, 0.29) is 17.1 Å². The summed E-state index contributed by atoms with van der Waals surface area (Å²) in [7, 11) is 0. The smallest absolute Gasteiger partial charge is 0.214 e. The van der Waals surface area contributed by atoms with Crippen molar-refractivity contribution in [3.05, 3.63) is 59.1 Å². The maximum Gasteiger partial charge on any atom is 2.00 e. The fourth-order valence-corrected chi connectivity index (χ4v) is 0.976. The molecule has 0 saturated heterocycles. The first-order chi connectivity index (χ1) is 5.39. The Morgan fingerprint density at radius 1 is 0.917 bits per heavy atom. The molecule has 0 bridgehead atoms. The number of halogens is 1. The average molecular weight is 265 g/mol. The Morgan fingerprint density at radius 3 is 1.58 bits per heavy atom. The van der Waals surface area contributed by atoms with Gasteiger partial charge in [0, 0.05) is 0 Å². The summed E-state index contributed by atoms with van der Waals surface area (Å²) in [6.07, 6.45) is 0. The van der Waals surface area contributed by atoms with Gasteiger partial charge in [0.1, 0.15) is 0 Å². The van der Waals surface area contributed by atoms with Gasteiger partial charge in [0.25, 0.3) is 0 Å². The summed E-state index contributed by atoms with van der Waals surface area (Å²) in [5.74, 6) is 0. The molecular formula is C10H9BrFe. The fraction of sp³-hybridized carbons (Fsp3) is 0. The van der Waals surface area contributed by atoms with Crippen LogP contribution in [-0.4, -0.2) is 0 Å².